The summed E-state index contributed by atoms with van der Waals surface area (Å²) in [5.41, 5.74) is 0.372. The first-order valence-electron chi connectivity index (χ1n) is 5.42. The largest absolute Gasteiger partial charge is 0.480 e. The molecule has 1 aromatic rings. The maximum atomic E-state index is 12.7. The molecule has 0 bridgehead atoms. The van der Waals surface area contributed by atoms with E-state index in [4.69, 9.17) is 5.11 Å². The summed E-state index contributed by atoms with van der Waals surface area (Å²) in [4.78, 5) is 10.8. The van der Waals surface area contributed by atoms with Crippen LogP contribution in [0.1, 0.15) is 12.0 Å². The summed E-state index contributed by atoms with van der Waals surface area (Å²) < 4.78 is 38.3. The van der Waals surface area contributed by atoms with Crippen LogP contribution in [0.25, 0.3) is 0 Å². The van der Waals surface area contributed by atoms with Gasteiger partial charge < -0.3 is 5.11 Å². The van der Waals surface area contributed by atoms with Crippen molar-refractivity contribution in [1.29, 1.82) is 0 Å². The van der Waals surface area contributed by atoms with Crippen LogP contribution in [0.2, 0.25) is 0 Å². The minimum Gasteiger partial charge on any atom is -0.480 e. The highest BCUT2D eigenvalue weighted by Gasteiger charge is 2.22. The van der Waals surface area contributed by atoms with Gasteiger partial charge >= 0.3 is 5.97 Å². The molecule has 0 fully saturated rings. The molecular formula is C12H14FNO4S. The van der Waals surface area contributed by atoms with Crippen molar-refractivity contribution in [3.63, 3.8) is 0 Å². The molecule has 0 aliphatic heterocycles. The third kappa shape index (κ3) is 5.19. The molecule has 0 spiro atoms. The predicted octanol–water partition coefficient (Wildman–Crippen LogP) is 1.27. The molecule has 0 saturated carbocycles. The zero-order chi connectivity index (χ0) is 14.5. The molecule has 0 heterocycles. The van der Waals surface area contributed by atoms with Crippen LogP contribution in [0.3, 0.4) is 0 Å². The first kappa shape index (κ1) is 15.3. The van der Waals surface area contributed by atoms with E-state index in [1.807, 2.05) is 0 Å². The molecule has 104 valence electrons. The molecular weight excluding hydrogens is 273 g/mol. The number of hydrogen-bond donors (Lipinski definition) is 2. The quantitative estimate of drug-likeness (QED) is 0.740. The fraction of sp³-hybridized carbons (Fsp3) is 0.250. The van der Waals surface area contributed by atoms with E-state index >= 15 is 0 Å². The highest BCUT2D eigenvalue weighted by atomic mass is 32.2. The van der Waals surface area contributed by atoms with Crippen molar-refractivity contribution >= 4 is 16.0 Å². The standard InChI is InChI=1S/C12H14FNO4S/c1-2-3-11(12(15)16)14-19(17,18)8-9-4-6-10(13)7-5-9/h2,4-7,11,14H,1,3,8H2,(H,15,16). The fourth-order valence-corrected chi connectivity index (χ4v) is 2.77. The van der Waals surface area contributed by atoms with Crippen molar-refractivity contribution in [3.05, 3.63) is 48.3 Å². The van der Waals surface area contributed by atoms with Gasteiger partial charge in [0.05, 0.1) is 5.75 Å². The normalized spacial score (nSPS) is 12.9. The molecule has 0 aliphatic rings. The Balaban J connectivity index is 2.77. The van der Waals surface area contributed by atoms with Crippen molar-refractivity contribution in [1.82, 2.24) is 4.72 Å². The Hall–Kier alpha value is -1.73. The van der Waals surface area contributed by atoms with Crippen LogP contribution in [0.4, 0.5) is 4.39 Å². The molecule has 0 radical (unpaired) electrons. The lowest BCUT2D eigenvalue weighted by Gasteiger charge is -2.13. The molecule has 1 aromatic carbocycles. The van der Waals surface area contributed by atoms with Gasteiger partial charge in [0.15, 0.2) is 0 Å². The Morgan fingerprint density at radius 3 is 2.47 bits per heavy atom. The van der Waals surface area contributed by atoms with E-state index in [9.17, 15) is 17.6 Å². The first-order chi connectivity index (χ1) is 8.84. The first-order valence-corrected chi connectivity index (χ1v) is 7.07. The molecule has 2 N–H and O–H groups in total. The smallest absolute Gasteiger partial charge is 0.322 e. The van der Waals surface area contributed by atoms with Crippen LogP contribution >= 0.6 is 0 Å². The van der Waals surface area contributed by atoms with E-state index < -0.39 is 33.6 Å². The SMILES string of the molecule is C=CCC(NS(=O)(=O)Cc1ccc(F)cc1)C(=O)O. The van der Waals surface area contributed by atoms with Gasteiger partial charge in [0, 0.05) is 0 Å². The van der Waals surface area contributed by atoms with E-state index in [0.717, 1.165) is 12.1 Å². The molecule has 0 saturated heterocycles. The van der Waals surface area contributed by atoms with Crippen LogP contribution in [0.5, 0.6) is 0 Å². The second kappa shape index (κ2) is 6.44. The molecule has 1 rings (SSSR count). The number of carboxylic acids is 1. The van der Waals surface area contributed by atoms with E-state index in [-0.39, 0.29) is 6.42 Å². The summed E-state index contributed by atoms with van der Waals surface area (Å²) in [6.45, 7) is 3.37. The highest BCUT2D eigenvalue weighted by Crippen LogP contribution is 2.08. The number of hydrogen-bond acceptors (Lipinski definition) is 3. The number of sulfonamides is 1. The number of halogens is 1. The zero-order valence-electron chi connectivity index (χ0n) is 10.0. The van der Waals surface area contributed by atoms with E-state index in [1.165, 1.54) is 18.2 Å². The Bertz CT molecular complexity index is 554. The molecule has 0 aromatic heterocycles. The average Bonchev–Trinajstić information content (AvgIpc) is 2.31. The fourth-order valence-electron chi connectivity index (χ4n) is 1.42. The summed E-state index contributed by atoms with van der Waals surface area (Å²) in [6.07, 6.45) is 1.30. The molecule has 5 nitrogen and oxygen atoms in total. The molecule has 1 atom stereocenters. The number of carbonyl (C=O) groups is 1. The van der Waals surface area contributed by atoms with Gasteiger partial charge in [-0.2, -0.15) is 0 Å². The van der Waals surface area contributed by atoms with Gasteiger partial charge in [-0.05, 0) is 24.1 Å². The van der Waals surface area contributed by atoms with Gasteiger partial charge in [-0.15, -0.1) is 6.58 Å². The highest BCUT2D eigenvalue weighted by molar-refractivity contribution is 7.88. The summed E-state index contributed by atoms with van der Waals surface area (Å²) in [5, 5.41) is 8.85. The van der Waals surface area contributed by atoms with Crippen molar-refractivity contribution in [3.8, 4) is 0 Å². The van der Waals surface area contributed by atoms with E-state index in [1.54, 1.807) is 0 Å². The number of rotatable bonds is 7. The molecule has 7 heteroatoms. The number of aliphatic carboxylic acids is 1. The summed E-state index contributed by atoms with van der Waals surface area (Å²) in [5.74, 6) is -2.15. The van der Waals surface area contributed by atoms with Gasteiger partial charge in [0.1, 0.15) is 11.9 Å². The van der Waals surface area contributed by atoms with Crippen molar-refractivity contribution in [2.24, 2.45) is 0 Å². The maximum Gasteiger partial charge on any atom is 0.322 e. The number of carboxylic acid groups (broad SMARTS) is 1. The predicted molar refractivity (Wildman–Crippen MR) is 68.4 cm³/mol. The summed E-state index contributed by atoms with van der Waals surface area (Å²) in [7, 11) is -3.81. The second-order valence-electron chi connectivity index (χ2n) is 3.92. The molecule has 0 amide bonds. The Labute approximate surface area is 110 Å². The van der Waals surface area contributed by atoms with Gasteiger partial charge in [-0.3, -0.25) is 4.79 Å². The van der Waals surface area contributed by atoms with Crippen LogP contribution < -0.4 is 4.72 Å². The lowest BCUT2D eigenvalue weighted by Crippen LogP contribution is -2.40. The van der Waals surface area contributed by atoms with Gasteiger partial charge in [0.2, 0.25) is 10.0 Å². The maximum absolute atomic E-state index is 12.7. The Morgan fingerprint density at radius 1 is 1.42 bits per heavy atom. The van der Waals surface area contributed by atoms with Crippen molar-refractivity contribution < 1.29 is 22.7 Å². The van der Waals surface area contributed by atoms with Crippen LogP contribution in [-0.2, 0) is 20.6 Å². The molecule has 1 unspecified atom stereocenters. The van der Waals surface area contributed by atoms with Crippen molar-refractivity contribution in [2.75, 3.05) is 0 Å². The second-order valence-corrected chi connectivity index (χ2v) is 5.67. The van der Waals surface area contributed by atoms with Gasteiger partial charge in [0.25, 0.3) is 0 Å². The van der Waals surface area contributed by atoms with Crippen LogP contribution in [0, 0.1) is 5.82 Å². The van der Waals surface area contributed by atoms with Gasteiger partial charge in [-0.25, -0.2) is 17.5 Å². The third-order valence-corrected chi connectivity index (χ3v) is 3.65. The summed E-state index contributed by atoms with van der Waals surface area (Å²) >= 11 is 0. The molecule has 19 heavy (non-hydrogen) atoms. The lowest BCUT2D eigenvalue weighted by molar-refractivity contribution is -0.138. The minimum absolute atomic E-state index is 0.0159. The van der Waals surface area contributed by atoms with E-state index in [0.29, 0.717) is 5.56 Å². The van der Waals surface area contributed by atoms with Gasteiger partial charge in [-0.1, -0.05) is 18.2 Å². The number of nitrogens with one attached hydrogen (secondary N) is 1. The Morgan fingerprint density at radius 2 is 2.00 bits per heavy atom. The van der Waals surface area contributed by atoms with Crippen LogP contribution in [0.15, 0.2) is 36.9 Å². The number of benzene rings is 1. The summed E-state index contributed by atoms with van der Waals surface area (Å²) in [6, 6.07) is 3.70. The van der Waals surface area contributed by atoms with Crippen LogP contribution in [-0.4, -0.2) is 25.5 Å². The molecule has 0 aliphatic carbocycles. The monoisotopic (exact) mass is 287 g/mol. The van der Waals surface area contributed by atoms with E-state index in [2.05, 4.69) is 11.3 Å². The lowest BCUT2D eigenvalue weighted by atomic mass is 10.2. The minimum atomic E-state index is -3.81. The zero-order valence-corrected chi connectivity index (χ0v) is 10.9. The Kier molecular flexibility index (Phi) is 5.20. The van der Waals surface area contributed by atoms with Crippen molar-refractivity contribution in [2.45, 2.75) is 18.2 Å². The third-order valence-electron chi connectivity index (χ3n) is 2.29. The topological polar surface area (TPSA) is 83.5 Å². The average molecular weight is 287 g/mol.